The number of ether oxygens (including phenoxy) is 6. The van der Waals surface area contributed by atoms with Crippen molar-refractivity contribution in [3.05, 3.63) is 96.1 Å². The summed E-state index contributed by atoms with van der Waals surface area (Å²) in [7, 11) is 0. The molecule has 124 heavy (non-hydrogen) atoms. The first-order valence-corrected chi connectivity index (χ1v) is 41.3. The Kier molecular flexibility index (Phi) is 41.1. The van der Waals surface area contributed by atoms with Gasteiger partial charge >= 0.3 is 36.4 Å². The van der Waals surface area contributed by atoms with Crippen molar-refractivity contribution in [2.24, 2.45) is 5.92 Å². The fourth-order valence-electron chi connectivity index (χ4n) is 11.8. The highest BCUT2D eigenvalue weighted by Gasteiger charge is 2.40. The summed E-state index contributed by atoms with van der Waals surface area (Å²) in [6.45, 7) is 26.7. The molecule has 0 saturated carbocycles. The van der Waals surface area contributed by atoms with E-state index >= 15 is 19.2 Å². The van der Waals surface area contributed by atoms with E-state index in [2.05, 4.69) is 79.8 Å². The fraction of sp³-hybridized carbons (Fsp3) is 0.600. The summed E-state index contributed by atoms with van der Waals surface area (Å²) in [5.74, 6) is -12.9. The first-order valence-electron chi connectivity index (χ1n) is 41.3. The van der Waals surface area contributed by atoms with Gasteiger partial charge in [-0.3, -0.25) is 47.9 Å². The average molecular weight is 1750 g/mol. The van der Waals surface area contributed by atoms with Gasteiger partial charge in [0, 0.05) is 52.1 Å². The fourth-order valence-corrected chi connectivity index (χ4v) is 11.8. The second kappa shape index (κ2) is 48.8. The third-order valence-corrected chi connectivity index (χ3v) is 17.5. The van der Waals surface area contributed by atoms with Crippen LogP contribution < -0.4 is 79.8 Å². The maximum Gasteiger partial charge on any atom is 0.407 e. The molecule has 1 aliphatic heterocycles. The van der Waals surface area contributed by atoms with E-state index in [1.807, 2.05) is 30.3 Å². The minimum Gasteiger partial charge on any atom is -0.449 e. The van der Waals surface area contributed by atoms with E-state index < -0.39 is 267 Å². The number of benzene rings is 3. The molecule has 15 amide bonds. The maximum absolute atomic E-state index is 15.4. The predicted molar refractivity (Wildman–Crippen MR) is 453 cm³/mol. The monoisotopic (exact) mass is 1740 g/mol. The number of aliphatic hydroxyl groups is 2. The second-order valence-corrected chi connectivity index (χ2v) is 35.2. The van der Waals surface area contributed by atoms with Crippen LogP contribution in [-0.2, 0) is 82.8 Å². The van der Waals surface area contributed by atoms with Crippen LogP contribution in [0.3, 0.4) is 0 Å². The van der Waals surface area contributed by atoms with Crippen LogP contribution in [-0.4, -0.2) is 246 Å². The zero-order valence-electron chi connectivity index (χ0n) is 74.4. The van der Waals surface area contributed by atoms with Crippen LogP contribution in [0.15, 0.2) is 84.9 Å². The Hall–Kier alpha value is -11.9. The second-order valence-electron chi connectivity index (χ2n) is 35.2. The van der Waals surface area contributed by atoms with E-state index in [1.165, 1.54) is 12.1 Å². The van der Waals surface area contributed by atoms with Crippen molar-refractivity contribution in [1.82, 2.24) is 79.8 Å². The Morgan fingerprint density at radius 1 is 0.419 bits per heavy atom. The highest BCUT2D eigenvalue weighted by Crippen LogP contribution is 2.22. The number of alkyl carbamates (subject to hydrolysis) is 5. The lowest BCUT2D eigenvalue weighted by Gasteiger charge is -2.29. The Morgan fingerprint density at radius 3 is 1.23 bits per heavy atom. The molecule has 688 valence electrons. The zero-order chi connectivity index (χ0) is 93.2. The number of carbonyl (C=O) groups is 16. The first-order chi connectivity index (χ1) is 57.6. The number of hydrogen-bond donors (Lipinski definition) is 17. The molecule has 0 aliphatic carbocycles. The minimum atomic E-state index is -2.03. The number of aliphatic hydroxyl groups excluding tert-OH is 2. The third-order valence-electron chi connectivity index (χ3n) is 17.5. The molecule has 4 rings (SSSR count). The molecular formula is C85H129N15O24. The summed E-state index contributed by atoms with van der Waals surface area (Å²) in [5.41, 5.74) is -3.04. The summed E-state index contributed by atoms with van der Waals surface area (Å²) in [5, 5.41) is 60.5. The topological polar surface area (TPSA) is 549 Å². The highest BCUT2D eigenvalue weighted by atomic mass is 16.6. The molecule has 0 spiro atoms. The van der Waals surface area contributed by atoms with Crippen molar-refractivity contribution in [2.75, 3.05) is 39.3 Å². The Bertz CT molecular complexity index is 4100. The van der Waals surface area contributed by atoms with Gasteiger partial charge in [0.2, 0.25) is 53.2 Å². The lowest BCUT2D eigenvalue weighted by molar-refractivity contribution is -0.138. The Balaban J connectivity index is 1.95. The zero-order valence-corrected chi connectivity index (χ0v) is 74.4. The molecule has 39 heteroatoms. The van der Waals surface area contributed by atoms with Crippen LogP contribution in [0.2, 0.25) is 0 Å². The number of esters is 1. The van der Waals surface area contributed by atoms with Gasteiger partial charge in [-0.2, -0.15) is 0 Å². The number of hydrogen-bond acceptors (Lipinski definition) is 24. The Labute approximate surface area is 723 Å². The van der Waals surface area contributed by atoms with E-state index in [-0.39, 0.29) is 31.5 Å². The van der Waals surface area contributed by atoms with Crippen LogP contribution in [0.4, 0.5) is 24.0 Å². The summed E-state index contributed by atoms with van der Waals surface area (Å²) in [6, 6.07) is 7.25. The third kappa shape index (κ3) is 40.9. The van der Waals surface area contributed by atoms with E-state index in [0.29, 0.717) is 5.56 Å². The van der Waals surface area contributed by atoms with Crippen molar-refractivity contribution in [2.45, 2.75) is 284 Å². The molecule has 39 nitrogen and oxygen atoms in total. The first kappa shape index (κ1) is 104. The van der Waals surface area contributed by atoms with Gasteiger partial charge in [-0.1, -0.05) is 86.6 Å². The smallest absolute Gasteiger partial charge is 0.407 e. The van der Waals surface area contributed by atoms with Crippen molar-refractivity contribution in [3.63, 3.8) is 0 Å². The molecule has 3 aromatic carbocycles. The van der Waals surface area contributed by atoms with Crippen LogP contribution in [0.1, 0.15) is 192 Å². The normalized spacial score (nSPS) is 19.4. The van der Waals surface area contributed by atoms with Crippen LogP contribution in [0.5, 0.6) is 0 Å². The van der Waals surface area contributed by atoms with Crippen molar-refractivity contribution < 1.29 is 115 Å². The minimum absolute atomic E-state index is 0.0152. The molecule has 17 N–H and O–H groups in total. The lowest BCUT2D eigenvalue weighted by Crippen LogP contribution is -2.62. The molecule has 1 heterocycles. The molecule has 1 saturated heterocycles. The van der Waals surface area contributed by atoms with E-state index in [9.17, 15) is 67.7 Å². The highest BCUT2D eigenvalue weighted by molar-refractivity contribution is 6.00. The van der Waals surface area contributed by atoms with E-state index in [4.69, 9.17) is 28.4 Å². The van der Waals surface area contributed by atoms with Crippen LogP contribution in [0.25, 0.3) is 11.1 Å². The van der Waals surface area contributed by atoms with Gasteiger partial charge in [-0.25, -0.2) is 28.8 Å². The molecule has 1 fully saturated rings. The molecule has 1 aliphatic rings. The average Bonchev–Trinajstić information content (AvgIpc) is 0.924. The van der Waals surface area contributed by atoms with Crippen molar-refractivity contribution in [1.29, 1.82) is 0 Å². The molecule has 0 radical (unpaired) electrons. The molecule has 12 atom stereocenters. The summed E-state index contributed by atoms with van der Waals surface area (Å²) >= 11 is 0. The number of carbonyl (C=O) groups excluding carboxylic acids is 16. The van der Waals surface area contributed by atoms with Crippen LogP contribution in [0, 0.1) is 5.92 Å². The van der Waals surface area contributed by atoms with Gasteiger partial charge < -0.3 is 118 Å². The quantitative estimate of drug-likeness (QED) is 0.0336. The van der Waals surface area contributed by atoms with Gasteiger partial charge in [0.15, 0.2) is 6.10 Å². The standard InChI is InChI=1S/C85H129N15O24/c1-48(2)46-60-70(108)95-56(35-41-87-76(114)120-81(5,6)7)66(104)94-59(38-44-90-79(117)123-84(14,15)16)69(107)99-63(49(3)101)73(111)86-40-34-55(65(103)93-57(36-42-88-77(115)121-82(8,9)10)68(106)98-61(71(109)97-60)47-51-26-22-20-23-27-51)92-67(105)58(37-43-89-78(116)122-83(11,12)13)96-74(112)64(50(4)102)100-72(110)62(39-45-91-80(118)124-85(17,18)19)119-75(113)54-32-30-53(31-33-54)52-28-24-21-25-29-52/h20-33,48-50,55-64,101-102H,34-47H2,1-19H3,(H,86,111)(H,87,114)(H,88,115)(H,89,116)(H,90,117)(H,91,118)(H,92,105)(H,93,103)(H,94,104)(H,95,108)(H,96,112)(H,97,109)(H,98,106)(H,99,107)(H,100,110)/t49?,50?,55-,56-,57-,58-,59-,60-,61+,62-,63-,64-/m0/s1. The van der Waals surface area contributed by atoms with E-state index in [0.717, 1.165) is 25.0 Å². The van der Waals surface area contributed by atoms with Gasteiger partial charge in [0.25, 0.3) is 5.91 Å². The summed E-state index contributed by atoms with van der Waals surface area (Å²) in [4.78, 5) is 229. The molecule has 3 aromatic rings. The van der Waals surface area contributed by atoms with Crippen molar-refractivity contribution >= 4 is 95.5 Å². The summed E-state index contributed by atoms with van der Waals surface area (Å²) < 4.78 is 32.7. The van der Waals surface area contributed by atoms with E-state index in [1.54, 1.807) is 160 Å². The molecule has 0 aromatic heterocycles. The molecule has 0 bridgehead atoms. The van der Waals surface area contributed by atoms with Gasteiger partial charge in [-0.05, 0) is 191 Å². The Morgan fingerprint density at radius 2 is 0.798 bits per heavy atom. The predicted octanol–water partition coefficient (Wildman–Crippen LogP) is 3.39. The largest absolute Gasteiger partial charge is 0.449 e. The van der Waals surface area contributed by atoms with Crippen molar-refractivity contribution in [3.8, 4) is 11.1 Å². The SMILES string of the molecule is CC(C)C[C@@H]1NC(=O)[C@@H](Cc2ccccc2)NC(=O)[C@H](CCNC(=O)OC(C)(C)C)NC(=O)[C@@H](NC(=O)[C@H](CCNC(=O)OC(C)(C)C)NC(=O)[C@@H](NC(=O)[C@H](CCNC(=O)OC(C)(C)C)OC(=O)c2ccc(-c3ccccc3)cc2)C(C)O)CCNC(=O)[C@H](C(C)O)NC(=O)[C@H](CCNC(=O)OC(C)(C)C)NC(=O)[C@H](CCNC(=O)OC(C)(C)C)NC1=O. The maximum atomic E-state index is 15.4. The lowest BCUT2D eigenvalue weighted by atomic mass is 10.00. The van der Waals surface area contributed by atoms with Gasteiger partial charge in [0.05, 0.1) is 17.8 Å². The molecule has 2 unspecified atom stereocenters. The molecular weight excluding hydrogens is 1620 g/mol. The van der Waals surface area contributed by atoms with Gasteiger partial charge in [0.1, 0.15) is 82.4 Å². The van der Waals surface area contributed by atoms with Gasteiger partial charge in [-0.15, -0.1) is 0 Å². The van der Waals surface area contributed by atoms with Crippen LogP contribution >= 0.6 is 0 Å². The number of amides is 15. The number of rotatable bonds is 30. The number of nitrogens with one attached hydrogen (secondary N) is 15. The summed E-state index contributed by atoms with van der Waals surface area (Å²) in [6.07, 6.45) is -13.7.